The second kappa shape index (κ2) is 5.92. The zero-order valence-corrected chi connectivity index (χ0v) is 12.0. The first kappa shape index (κ1) is 12.9. The maximum atomic E-state index is 3.83. The maximum Gasteiger partial charge on any atom is 0.0198 e. The Kier molecular flexibility index (Phi) is 4.25. The van der Waals surface area contributed by atoms with Crippen LogP contribution in [0.3, 0.4) is 0 Å². The van der Waals surface area contributed by atoms with Gasteiger partial charge < -0.3 is 10.2 Å². The molecule has 1 aliphatic heterocycles. The van der Waals surface area contributed by atoms with Crippen molar-refractivity contribution in [2.45, 2.75) is 70.4 Å². The van der Waals surface area contributed by atoms with Crippen LogP contribution in [0.4, 0.5) is 0 Å². The van der Waals surface area contributed by atoms with Crippen molar-refractivity contribution in [3.63, 3.8) is 0 Å². The summed E-state index contributed by atoms with van der Waals surface area (Å²) in [4.78, 5) is 2.76. The zero-order valence-electron chi connectivity index (χ0n) is 12.0. The van der Waals surface area contributed by atoms with Crippen molar-refractivity contribution in [2.24, 2.45) is 11.8 Å². The van der Waals surface area contributed by atoms with E-state index in [4.69, 9.17) is 0 Å². The lowest BCUT2D eigenvalue weighted by Crippen LogP contribution is -2.48. The van der Waals surface area contributed by atoms with Crippen molar-refractivity contribution >= 4 is 0 Å². The van der Waals surface area contributed by atoms with Crippen molar-refractivity contribution < 1.29 is 0 Å². The third kappa shape index (κ3) is 3.48. The number of hydrogen-bond donors (Lipinski definition) is 1. The second-order valence-electron chi connectivity index (χ2n) is 7.06. The average Bonchev–Trinajstić information content (AvgIpc) is 3.17. The quantitative estimate of drug-likeness (QED) is 0.825. The lowest BCUT2D eigenvalue weighted by Gasteiger charge is -2.38. The van der Waals surface area contributed by atoms with Crippen molar-refractivity contribution in [3.8, 4) is 0 Å². The van der Waals surface area contributed by atoms with Crippen LogP contribution in [0.5, 0.6) is 0 Å². The summed E-state index contributed by atoms with van der Waals surface area (Å²) in [6.45, 7) is 6.53. The van der Waals surface area contributed by atoms with E-state index in [1.165, 1.54) is 71.0 Å². The first-order chi connectivity index (χ1) is 8.81. The highest BCUT2D eigenvalue weighted by molar-refractivity contribution is 4.88. The summed E-state index contributed by atoms with van der Waals surface area (Å²) >= 11 is 0. The third-order valence-corrected chi connectivity index (χ3v) is 5.34. The van der Waals surface area contributed by atoms with Gasteiger partial charge in [0.2, 0.25) is 0 Å². The van der Waals surface area contributed by atoms with Gasteiger partial charge in [-0.3, -0.25) is 0 Å². The minimum absolute atomic E-state index is 0.796. The van der Waals surface area contributed by atoms with Gasteiger partial charge in [0.25, 0.3) is 0 Å². The summed E-state index contributed by atoms with van der Waals surface area (Å²) in [5.41, 5.74) is 0. The molecule has 3 rings (SSSR count). The first-order valence-electron chi connectivity index (χ1n) is 8.29. The van der Waals surface area contributed by atoms with Gasteiger partial charge in [-0.1, -0.05) is 26.2 Å². The van der Waals surface area contributed by atoms with Gasteiger partial charge in [-0.05, 0) is 50.5 Å². The van der Waals surface area contributed by atoms with E-state index in [2.05, 4.69) is 17.1 Å². The predicted molar refractivity (Wildman–Crippen MR) is 76.7 cm³/mol. The molecular formula is C16H30N2. The highest BCUT2D eigenvalue weighted by Crippen LogP contribution is 2.31. The molecule has 0 radical (unpaired) electrons. The summed E-state index contributed by atoms with van der Waals surface area (Å²) in [5.74, 6) is 1.95. The van der Waals surface area contributed by atoms with Gasteiger partial charge in [0, 0.05) is 25.2 Å². The predicted octanol–water partition coefficient (Wildman–Crippen LogP) is 3.03. The van der Waals surface area contributed by atoms with E-state index in [0.29, 0.717) is 0 Å². The monoisotopic (exact) mass is 250 g/mol. The Balaban J connectivity index is 1.45. The van der Waals surface area contributed by atoms with Crippen LogP contribution in [0.1, 0.15) is 58.3 Å². The van der Waals surface area contributed by atoms with E-state index in [1.54, 1.807) is 0 Å². The minimum atomic E-state index is 0.796. The van der Waals surface area contributed by atoms with Crippen LogP contribution < -0.4 is 5.32 Å². The average molecular weight is 250 g/mol. The smallest absolute Gasteiger partial charge is 0.0198 e. The van der Waals surface area contributed by atoms with Gasteiger partial charge in [0.05, 0.1) is 0 Å². The molecule has 0 amide bonds. The van der Waals surface area contributed by atoms with E-state index in [-0.39, 0.29) is 0 Å². The Morgan fingerprint density at radius 3 is 2.56 bits per heavy atom. The molecule has 1 saturated heterocycles. The molecule has 0 aromatic carbocycles. The maximum absolute atomic E-state index is 3.83. The largest absolute Gasteiger partial charge is 0.310 e. The van der Waals surface area contributed by atoms with E-state index < -0.39 is 0 Å². The van der Waals surface area contributed by atoms with E-state index in [1.807, 2.05) is 0 Å². The third-order valence-electron chi connectivity index (χ3n) is 5.34. The van der Waals surface area contributed by atoms with Crippen LogP contribution in [-0.2, 0) is 0 Å². The van der Waals surface area contributed by atoms with Gasteiger partial charge in [-0.2, -0.15) is 0 Å². The topological polar surface area (TPSA) is 15.3 Å². The van der Waals surface area contributed by atoms with Gasteiger partial charge in [0.15, 0.2) is 0 Å². The highest BCUT2D eigenvalue weighted by atomic mass is 15.2. The molecule has 104 valence electrons. The van der Waals surface area contributed by atoms with Crippen molar-refractivity contribution in [3.05, 3.63) is 0 Å². The Morgan fingerprint density at radius 1 is 0.944 bits per heavy atom. The van der Waals surface area contributed by atoms with Crippen LogP contribution in [0, 0.1) is 11.8 Å². The molecular weight excluding hydrogens is 220 g/mol. The number of piperidine rings is 1. The SMILES string of the molecule is CC1CCCCC1CN1CCCC(NC2CC2)C1. The minimum Gasteiger partial charge on any atom is -0.310 e. The van der Waals surface area contributed by atoms with Crippen molar-refractivity contribution in [2.75, 3.05) is 19.6 Å². The summed E-state index contributed by atoms with van der Waals surface area (Å²) in [5, 5.41) is 3.83. The molecule has 3 unspecified atom stereocenters. The van der Waals surface area contributed by atoms with Crippen molar-refractivity contribution in [1.82, 2.24) is 10.2 Å². The molecule has 2 aliphatic carbocycles. The molecule has 2 nitrogen and oxygen atoms in total. The number of nitrogens with one attached hydrogen (secondary N) is 1. The van der Waals surface area contributed by atoms with Gasteiger partial charge in [-0.15, -0.1) is 0 Å². The fraction of sp³-hybridized carbons (Fsp3) is 1.00. The summed E-state index contributed by atoms with van der Waals surface area (Å²) < 4.78 is 0. The molecule has 2 heteroatoms. The van der Waals surface area contributed by atoms with Crippen LogP contribution in [0.25, 0.3) is 0 Å². The van der Waals surface area contributed by atoms with E-state index in [0.717, 1.165) is 23.9 Å². The second-order valence-corrected chi connectivity index (χ2v) is 7.06. The molecule has 1 heterocycles. The van der Waals surface area contributed by atoms with Crippen LogP contribution in [0.15, 0.2) is 0 Å². The molecule has 0 aromatic heterocycles. The number of hydrogen-bond acceptors (Lipinski definition) is 2. The fourth-order valence-corrected chi connectivity index (χ4v) is 3.94. The Morgan fingerprint density at radius 2 is 1.78 bits per heavy atom. The molecule has 3 aliphatic rings. The molecule has 0 bridgehead atoms. The van der Waals surface area contributed by atoms with Gasteiger partial charge in [-0.25, -0.2) is 0 Å². The van der Waals surface area contributed by atoms with E-state index >= 15 is 0 Å². The Labute approximate surface area is 113 Å². The fourth-order valence-electron chi connectivity index (χ4n) is 3.94. The van der Waals surface area contributed by atoms with Gasteiger partial charge in [0.1, 0.15) is 0 Å². The first-order valence-corrected chi connectivity index (χ1v) is 8.29. The van der Waals surface area contributed by atoms with Crippen LogP contribution >= 0.6 is 0 Å². The highest BCUT2D eigenvalue weighted by Gasteiger charge is 2.29. The molecule has 3 fully saturated rings. The van der Waals surface area contributed by atoms with Crippen LogP contribution in [-0.4, -0.2) is 36.6 Å². The normalized spacial score (nSPS) is 38.8. The number of nitrogens with zero attached hydrogens (tertiary/aromatic N) is 1. The lowest BCUT2D eigenvalue weighted by atomic mass is 9.80. The number of likely N-dealkylation sites (tertiary alicyclic amines) is 1. The van der Waals surface area contributed by atoms with Crippen molar-refractivity contribution in [1.29, 1.82) is 0 Å². The molecule has 0 aromatic rings. The Hall–Kier alpha value is -0.0800. The molecule has 1 N–H and O–H groups in total. The standard InChI is InChI=1S/C16H30N2/c1-13-5-2-3-6-14(13)11-18-10-4-7-16(12-18)17-15-8-9-15/h13-17H,2-12H2,1H3. The molecule has 2 saturated carbocycles. The zero-order chi connectivity index (χ0) is 12.4. The molecule has 0 spiro atoms. The Bertz CT molecular complexity index is 262. The summed E-state index contributed by atoms with van der Waals surface area (Å²) in [6, 6.07) is 1.67. The van der Waals surface area contributed by atoms with Gasteiger partial charge >= 0.3 is 0 Å². The summed E-state index contributed by atoms with van der Waals surface area (Å²) in [7, 11) is 0. The van der Waals surface area contributed by atoms with E-state index in [9.17, 15) is 0 Å². The lowest BCUT2D eigenvalue weighted by molar-refractivity contribution is 0.125. The van der Waals surface area contributed by atoms with Crippen LogP contribution in [0.2, 0.25) is 0 Å². The summed E-state index contributed by atoms with van der Waals surface area (Å²) in [6.07, 6.45) is 11.6. The molecule has 3 atom stereocenters. The number of rotatable bonds is 4. The molecule has 18 heavy (non-hydrogen) atoms.